The fourth-order valence-corrected chi connectivity index (χ4v) is 2.54. The molecule has 2 aromatic carbocycles. The molecule has 0 fully saturated rings. The zero-order valence-electron chi connectivity index (χ0n) is 13.6. The molecule has 1 aliphatic heterocycles. The maximum absolute atomic E-state index is 12.3. The van der Waals surface area contributed by atoms with Crippen LogP contribution in [0.4, 0.5) is 0 Å². The minimum atomic E-state index is -2.14. The van der Waals surface area contributed by atoms with Crippen molar-refractivity contribution in [3.8, 4) is 0 Å². The Kier molecular flexibility index (Phi) is 4.08. The summed E-state index contributed by atoms with van der Waals surface area (Å²) >= 11 is 0. The molecule has 0 aliphatic carbocycles. The van der Waals surface area contributed by atoms with Crippen LogP contribution in [0.1, 0.15) is 33.5 Å². The number of hydrogen-bond acceptors (Lipinski definition) is 4. The SMILES string of the molecule is Cc1ccc(C(=O)C[C@]2(O)OC(c3ccc(C)cc3)=CC2=O)cc1. The Hall–Kier alpha value is -2.72. The van der Waals surface area contributed by atoms with Crippen molar-refractivity contribution in [3.63, 3.8) is 0 Å². The predicted molar refractivity (Wildman–Crippen MR) is 90.3 cm³/mol. The molecule has 0 aromatic heterocycles. The van der Waals surface area contributed by atoms with E-state index in [1.807, 2.05) is 50.2 Å². The number of ketones is 2. The first kappa shape index (κ1) is 16.1. The topological polar surface area (TPSA) is 63.6 Å². The van der Waals surface area contributed by atoms with E-state index >= 15 is 0 Å². The average Bonchev–Trinajstić information content (AvgIpc) is 2.83. The Morgan fingerprint density at radius 3 is 2.12 bits per heavy atom. The van der Waals surface area contributed by atoms with E-state index in [0.717, 1.165) is 11.1 Å². The number of rotatable bonds is 4. The molecule has 1 heterocycles. The van der Waals surface area contributed by atoms with Crippen molar-refractivity contribution in [2.75, 3.05) is 0 Å². The number of carbonyl (C=O) groups excluding carboxylic acids is 2. The summed E-state index contributed by atoms with van der Waals surface area (Å²) in [7, 11) is 0. The predicted octanol–water partition coefficient (Wildman–Crippen LogP) is 3.21. The molecular weight excluding hydrogens is 304 g/mol. The Morgan fingerprint density at radius 1 is 1.00 bits per heavy atom. The lowest BCUT2D eigenvalue weighted by Gasteiger charge is -2.21. The molecule has 0 spiro atoms. The van der Waals surface area contributed by atoms with Crippen molar-refractivity contribution in [1.82, 2.24) is 0 Å². The summed E-state index contributed by atoms with van der Waals surface area (Å²) in [5.41, 5.74) is 3.23. The van der Waals surface area contributed by atoms with E-state index in [1.165, 1.54) is 6.08 Å². The molecule has 2 aromatic rings. The molecule has 1 atom stereocenters. The summed E-state index contributed by atoms with van der Waals surface area (Å²) in [6.45, 7) is 3.87. The Labute approximate surface area is 140 Å². The largest absolute Gasteiger partial charge is 0.453 e. The van der Waals surface area contributed by atoms with Gasteiger partial charge in [0.25, 0.3) is 5.79 Å². The fraction of sp³-hybridized carbons (Fsp3) is 0.200. The Morgan fingerprint density at radius 2 is 1.54 bits per heavy atom. The van der Waals surface area contributed by atoms with E-state index < -0.39 is 18.0 Å². The van der Waals surface area contributed by atoms with Gasteiger partial charge >= 0.3 is 0 Å². The van der Waals surface area contributed by atoms with Gasteiger partial charge in [0, 0.05) is 17.2 Å². The number of aryl methyl sites for hydroxylation is 2. The highest BCUT2D eigenvalue weighted by Gasteiger charge is 2.45. The molecule has 4 nitrogen and oxygen atoms in total. The van der Waals surface area contributed by atoms with Gasteiger partial charge in [0.2, 0.25) is 5.78 Å². The zero-order chi connectivity index (χ0) is 17.3. The second-order valence-corrected chi connectivity index (χ2v) is 6.09. The van der Waals surface area contributed by atoms with E-state index in [9.17, 15) is 14.7 Å². The third-order valence-electron chi connectivity index (χ3n) is 4.04. The van der Waals surface area contributed by atoms with E-state index in [0.29, 0.717) is 11.1 Å². The number of aliphatic hydroxyl groups is 1. The van der Waals surface area contributed by atoms with Crippen LogP contribution in [0.2, 0.25) is 0 Å². The van der Waals surface area contributed by atoms with Crippen LogP contribution in [0.3, 0.4) is 0 Å². The monoisotopic (exact) mass is 322 g/mol. The Balaban J connectivity index is 1.77. The van der Waals surface area contributed by atoms with Crippen molar-refractivity contribution in [2.24, 2.45) is 0 Å². The molecule has 4 heteroatoms. The summed E-state index contributed by atoms with van der Waals surface area (Å²) < 4.78 is 5.45. The first-order chi connectivity index (χ1) is 11.4. The standard InChI is InChI=1S/C20H18O4/c1-13-3-7-15(8-4-13)17(21)12-20(23)19(22)11-18(24-20)16-9-5-14(2)6-10-16/h3-11,23H,12H2,1-2H3/t20-/m0/s1. The summed E-state index contributed by atoms with van der Waals surface area (Å²) in [6.07, 6.45) is 0.827. The molecule has 0 saturated heterocycles. The second kappa shape index (κ2) is 6.06. The number of carbonyl (C=O) groups is 2. The summed E-state index contributed by atoms with van der Waals surface area (Å²) in [5.74, 6) is -2.82. The van der Waals surface area contributed by atoms with Gasteiger partial charge in [-0.15, -0.1) is 0 Å². The van der Waals surface area contributed by atoms with Gasteiger partial charge in [0.15, 0.2) is 5.78 Å². The van der Waals surface area contributed by atoms with Crippen molar-refractivity contribution in [2.45, 2.75) is 26.1 Å². The number of benzene rings is 2. The summed E-state index contributed by atoms with van der Waals surface area (Å²) in [5, 5.41) is 10.5. The van der Waals surface area contributed by atoms with Gasteiger partial charge in [-0.05, 0) is 13.8 Å². The van der Waals surface area contributed by atoms with Gasteiger partial charge < -0.3 is 9.84 Å². The van der Waals surface area contributed by atoms with Crippen molar-refractivity contribution < 1.29 is 19.4 Å². The van der Waals surface area contributed by atoms with Crippen molar-refractivity contribution in [1.29, 1.82) is 0 Å². The Bertz CT molecular complexity index is 816. The molecule has 0 radical (unpaired) electrons. The lowest BCUT2D eigenvalue weighted by Crippen LogP contribution is -2.38. The lowest BCUT2D eigenvalue weighted by atomic mass is 10.00. The molecule has 3 rings (SSSR count). The van der Waals surface area contributed by atoms with E-state index in [4.69, 9.17) is 4.74 Å². The smallest absolute Gasteiger partial charge is 0.279 e. The maximum atomic E-state index is 12.3. The van der Waals surface area contributed by atoms with Gasteiger partial charge in [0.05, 0.1) is 6.42 Å². The first-order valence-electron chi connectivity index (χ1n) is 7.72. The van der Waals surface area contributed by atoms with Gasteiger partial charge in [-0.3, -0.25) is 9.59 Å². The van der Waals surface area contributed by atoms with Gasteiger partial charge in [-0.2, -0.15) is 0 Å². The number of hydrogen-bond donors (Lipinski definition) is 1. The highest BCUT2D eigenvalue weighted by molar-refractivity contribution is 6.08. The molecule has 122 valence electrons. The van der Waals surface area contributed by atoms with Crippen LogP contribution in [0, 0.1) is 13.8 Å². The van der Waals surface area contributed by atoms with Gasteiger partial charge in [-0.1, -0.05) is 59.7 Å². The quantitative estimate of drug-likeness (QED) is 0.878. The van der Waals surface area contributed by atoms with E-state index in [1.54, 1.807) is 12.1 Å². The average molecular weight is 322 g/mol. The van der Waals surface area contributed by atoms with Crippen LogP contribution in [0.25, 0.3) is 5.76 Å². The van der Waals surface area contributed by atoms with Gasteiger partial charge in [-0.25, -0.2) is 0 Å². The molecule has 0 saturated carbocycles. The highest BCUT2D eigenvalue weighted by atomic mass is 16.6. The first-order valence-corrected chi connectivity index (χ1v) is 7.72. The van der Waals surface area contributed by atoms with Crippen molar-refractivity contribution in [3.05, 3.63) is 76.9 Å². The number of ether oxygens (including phenoxy) is 1. The van der Waals surface area contributed by atoms with Crippen LogP contribution in [-0.4, -0.2) is 22.5 Å². The van der Waals surface area contributed by atoms with Crippen LogP contribution in [0.5, 0.6) is 0 Å². The minimum absolute atomic E-state index is 0.277. The molecule has 0 bridgehead atoms. The normalized spacial score (nSPS) is 19.8. The van der Waals surface area contributed by atoms with Gasteiger partial charge in [0.1, 0.15) is 5.76 Å². The molecular formula is C20H18O4. The third kappa shape index (κ3) is 3.14. The maximum Gasteiger partial charge on any atom is 0.279 e. The van der Waals surface area contributed by atoms with Crippen molar-refractivity contribution >= 4 is 17.3 Å². The zero-order valence-corrected chi connectivity index (χ0v) is 13.6. The molecule has 1 N–H and O–H groups in total. The van der Waals surface area contributed by atoms with Crippen LogP contribution < -0.4 is 0 Å². The lowest BCUT2D eigenvalue weighted by molar-refractivity contribution is -0.167. The molecule has 0 unspecified atom stereocenters. The third-order valence-corrected chi connectivity index (χ3v) is 4.04. The summed E-state index contributed by atoms with van der Waals surface area (Å²) in [4.78, 5) is 24.5. The molecule has 0 amide bonds. The highest BCUT2D eigenvalue weighted by Crippen LogP contribution is 2.33. The number of Topliss-reactive ketones (excluding diaryl/α,β-unsaturated/α-hetero) is 1. The van der Waals surface area contributed by atoms with Crippen LogP contribution in [0.15, 0.2) is 54.6 Å². The summed E-state index contributed by atoms with van der Waals surface area (Å²) in [6, 6.07) is 14.4. The fourth-order valence-electron chi connectivity index (χ4n) is 2.54. The van der Waals surface area contributed by atoms with Crippen LogP contribution in [-0.2, 0) is 9.53 Å². The molecule has 1 aliphatic rings. The van der Waals surface area contributed by atoms with Crippen LogP contribution >= 0.6 is 0 Å². The van der Waals surface area contributed by atoms with E-state index in [-0.39, 0.29) is 11.5 Å². The second-order valence-electron chi connectivity index (χ2n) is 6.09. The van der Waals surface area contributed by atoms with E-state index in [2.05, 4.69) is 0 Å². The minimum Gasteiger partial charge on any atom is -0.453 e. The molecule has 24 heavy (non-hydrogen) atoms.